The van der Waals surface area contributed by atoms with Gasteiger partial charge in [0.1, 0.15) is 5.60 Å². The van der Waals surface area contributed by atoms with Gasteiger partial charge in [-0.05, 0) is 43.3 Å². The van der Waals surface area contributed by atoms with Gasteiger partial charge in [-0.1, -0.05) is 12.1 Å². The second-order valence-electron chi connectivity index (χ2n) is 7.13. The normalized spacial score (nSPS) is 15.4. The number of benzene rings is 1. The molecule has 0 saturated carbocycles. The molecule has 3 rings (SSSR count). The summed E-state index contributed by atoms with van der Waals surface area (Å²) < 4.78 is 7.10. The van der Waals surface area contributed by atoms with Gasteiger partial charge in [0, 0.05) is 44.5 Å². The molecule has 2 aromatic rings. The maximum absolute atomic E-state index is 12.2. The molecule has 1 aliphatic heterocycles. The zero-order valence-electron chi connectivity index (χ0n) is 15.1. The van der Waals surface area contributed by atoms with Gasteiger partial charge >= 0.3 is 6.09 Å². The average molecular weight is 344 g/mol. The number of carbonyl (C=O) groups is 1. The number of anilines is 1. The first-order valence-corrected chi connectivity index (χ1v) is 8.39. The number of carbonyl (C=O) groups excluding carboxylic acids is 1. The van der Waals surface area contributed by atoms with Crippen molar-refractivity contribution in [2.75, 3.05) is 31.1 Å². The number of tetrazole rings is 1. The van der Waals surface area contributed by atoms with Gasteiger partial charge in [-0.3, -0.25) is 0 Å². The topological polar surface area (TPSA) is 76.4 Å². The summed E-state index contributed by atoms with van der Waals surface area (Å²) in [5, 5.41) is 11.6. The molecule has 1 aromatic carbocycles. The molecule has 1 amide bonds. The highest BCUT2D eigenvalue weighted by molar-refractivity contribution is 5.69. The molecular weight excluding hydrogens is 320 g/mol. The molecule has 134 valence electrons. The molecule has 1 saturated heterocycles. The molecule has 0 radical (unpaired) electrons. The maximum atomic E-state index is 12.2. The van der Waals surface area contributed by atoms with Gasteiger partial charge < -0.3 is 14.5 Å². The highest BCUT2D eigenvalue weighted by Crippen LogP contribution is 2.24. The lowest BCUT2D eigenvalue weighted by Crippen LogP contribution is -2.50. The quantitative estimate of drug-likeness (QED) is 0.829. The highest BCUT2D eigenvalue weighted by atomic mass is 16.6. The van der Waals surface area contributed by atoms with E-state index in [1.54, 1.807) is 9.58 Å². The average Bonchev–Trinajstić information content (AvgIpc) is 3.00. The lowest BCUT2D eigenvalue weighted by Gasteiger charge is -2.36. The first-order chi connectivity index (χ1) is 11.8. The van der Waals surface area contributed by atoms with Crippen LogP contribution in [-0.4, -0.2) is 63.0 Å². The number of rotatable bonds is 2. The van der Waals surface area contributed by atoms with Crippen molar-refractivity contribution in [2.24, 2.45) is 7.05 Å². The Labute approximate surface area is 147 Å². The van der Waals surface area contributed by atoms with Crippen LogP contribution in [0.2, 0.25) is 0 Å². The lowest BCUT2D eigenvalue weighted by atomic mass is 10.1. The molecule has 2 heterocycles. The molecule has 0 N–H and O–H groups in total. The van der Waals surface area contributed by atoms with Crippen LogP contribution in [0.5, 0.6) is 0 Å². The third-order valence-electron chi connectivity index (χ3n) is 4.02. The number of hydrogen-bond donors (Lipinski definition) is 0. The van der Waals surface area contributed by atoms with Crippen molar-refractivity contribution in [1.29, 1.82) is 0 Å². The second-order valence-corrected chi connectivity index (χ2v) is 7.13. The van der Waals surface area contributed by atoms with Crippen LogP contribution >= 0.6 is 0 Å². The number of ether oxygens (including phenoxy) is 1. The van der Waals surface area contributed by atoms with Gasteiger partial charge in [0.2, 0.25) is 0 Å². The van der Waals surface area contributed by atoms with E-state index in [4.69, 9.17) is 4.74 Å². The van der Waals surface area contributed by atoms with Crippen molar-refractivity contribution < 1.29 is 9.53 Å². The zero-order chi connectivity index (χ0) is 18.0. The smallest absolute Gasteiger partial charge is 0.410 e. The summed E-state index contributed by atoms with van der Waals surface area (Å²) in [5.41, 5.74) is 1.61. The van der Waals surface area contributed by atoms with Crippen LogP contribution in [0.3, 0.4) is 0 Å². The summed E-state index contributed by atoms with van der Waals surface area (Å²) in [6, 6.07) is 8.14. The van der Waals surface area contributed by atoms with Crippen LogP contribution in [0.15, 0.2) is 24.3 Å². The van der Waals surface area contributed by atoms with Crippen LogP contribution in [0.4, 0.5) is 10.5 Å². The minimum Gasteiger partial charge on any atom is -0.444 e. The highest BCUT2D eigenvalue weighted by Gasteiger charge is 2.26. The Morgan fingerprint density at radius 2 is 1.88 bits per heavy atom. The van der Waals surface area contributed by atoms with Crippen molar-refractivity contribution >= 4 is 11.8 Å². The first-order valence-electron chi connectivity index (χ1n) is 8.39. The molecule has 8 nitrogen and oxygen atoms in total. The monoisotopic (exact) mass is 344 g/mol. The Balaban J connectivity index is 1.66. The number of piperazine rings is 1. The summed E-state index contributed by atoms with van der Waals surface area (Å²) in [7, 11) is 1.82. The largest absolute Gasteiger partial charge is 0.444 e. The molecule has 0 aliphatic carbocycles. The van der Waals surface area contributed by atoms with Crippen LogP contribution in [-0.2, 0) is 11.8 Å². The molecular formula is C17H24N6O2. The lowest BCUT2D eigenvalue weighted by molar-refractivity contribution is 0.0240. The standard InChI is InChI=1S/C17H24N6O2/c1-17(2,3)25-16(24)23-10-8-22(9-11-23)14-7-5-6-13(12-14)15-18-19-20-21(15)4/h5-7,12H,8-11H2,1-4H3. The molecule has 8 heteroatoms. The van der Waals surface area contributed by atoms with Crippen LogP contribution < -0.4 is 4.90 Å². The van der Waals surface area contributed by atoms with Crippen molar-refractivity contribution in [3.8, 4) is 11.4 Å². The van der Waals surface area contributed by atoms with Gasteiger partial charge in [0.15, 0.2) is 5.82 Å². The van der Waals surface area contributed by atoms with E-state index >= 15 is 0 Å². The third kappa shape index (κ3) is 4.07. The first kappa shape index (κ1) is 17.2. The molecule has 1 aromatic heterocycles. The molecule has 0 atom stereocenters. The van der Waals surface area contributed by atoms with Crippen LogP contribution in [0.25, 0.3) is 11.4 Å². The van der Waals surface area contributed by atoms with Gasteiger partial charge in [0.25, 0.3) is 0 Å². The van der Waals surface area contributed by atoms with Crippen LogP contribution in [0.1, 0.15) is 20.8 Å². The fourth-order valence-electron chi connectivity index (χ4n) is 2.79. The Hall–Kier alpha value is -2.64. The number of aryl methyl sites for hydroxylation is 1. The van der Waals surface area contributed by atoms with E-state index in [2.05, 4.69) is 32.6 Å². The molecule has 0 unspecified atom stereocenters. The second kappa shape index (κ2) is 6.70. The minimum atomic E-state index is -0.466. The van der Waals surface area contributed by atoms with E-state index in [9.17, 15) is 4.79 Å². The van der Waals surface area contributed by atoms with Gasteiger partial charge in [-0.25, -0.2) is 9.48 Å². The van der Waals surface area contributed by atoms with E-state index in [0.717, 1.165) is 30.2 Å². The van der Waals surface area contributed by atoms with Crippen LogP contribution in [0, 0.1) is 0 Å². The zero-order valence-corrected chi connectivity index (χ0v) is 15.1. The molecule has 25 heavy (non-hydrogen) atoms. The number of aromatic nitrogens is 4. The van der Waals surface area contributed by atoms with E-state index in [-0.39, 0.29) is 6.09 Å². The van der Waals surface area contributed by atoms with E-state index in [0.29, 0.717) is 13.1 Å². The fraction of sp³-hybridized carbons (Fsp3) is 0.529. The van der Waals surface area contributed by atoms with E-state index < -0.39 is 5.60 Å². The van der Waals surface area contributed by atoms with Crippen molar-refractivity contribution in [2.45, 2.75) is 26.4 Å². The summed E-state index contributed by atoms with van der Waals surface area (Å²) in [5.74, 6) is 0.731. The van der Waals surface area contributed by atoms with Gasteiger partial charge in [-0.15, -0.1) is 5.10 Å². The Bertz CT molecular complexity index is 744. The SMILES string of the molecule is Cn1nnnc1-c1cccc(N2CCN(C(=O)OC(C)(C)C)CC2)c1. The Morgan fingerprint density at radius 3 is 2.48 bits per heavy atom. The third-order valence-corrected chi connectivity index (χ3v) is 4.02. The van der Waals surface area contributed by atoms with E-state index in [1.165, 1.54) is 0 Å². The minimum absolute atomic E-state index is 0.244. The van der Waals surface area contributed by atoms with Crippen molar-refractivity contribution in [1.82, 2.24) is 25.1 Å². The summed E-state index contributed by atoms with van der Waals surface area (Å²) in [6.07, 6.45) is -0.244. The van der Waals surface area contributed by atoms with Gasteiger partial charge in [0.05, 0.1) is 0 Å². The Morgan fingerprint density at radius 1 is 1.16 bits per heavy atom. The number of nitrogens with zero attached hydrogens (tertiary/aromatic N) is 6. The van der Waals surface area contributed by atoms with Gasteiger partial charge in [-0.2, -0.15) is 0 Å². The maximum Gasteiger partial charge on any atom is 0.410 e. The predicted molar refractivity (Wildman–Crippen MR) is 94.3 cm³/mol. The molecule has 1 fully saturated rings. The summed E-state index contributed by atoms with van der Waals surface area (Å²) in [6.45, 7) is 8.46. The van der Waals surface area contributed by atoms with Crippen molar-refractivity contribution in [3.63, 3.8) is 0 Å². The number of amides is 1. The van der Waals surface area contributed by atoms with E-state index in [1.807, 2.05) is 40.0 Å². The molecule has 0 spiro atoms. The molecule has 1 aliphatic rings. The summed E-state index contributed by atoms with van der Waals surface area (Å²) in [4.78, 5) is 16.2. The summed E-state index contributed by atoms with van der Waals surface area (Å²) >= 11 is 0. The number of hydrogen-bond acceptors (Lipinski definition) is 6. The van der Waals surface area contributed by atoms with Crippen molar-refractivity contribution in [3.05, 3.63) is 24.3 Å². The fourth-order valence-corrected chi connectivity index (χ4v) is 2.79. The predicted octanol–water partition coefficient (Wildman–Crippen LogP) is 1.93. The Kier molecular flexibility index (Phi) is 4.61. The molecule has 0 bridgehead atoms.